The minimum Gasteiger partial charge on any atom is -0.507 e. The normalized spacial score (nSPS) is 11.2. The Labute approximate surface area is 283 Å². The van der Waals surface area contributed by atoms with Gasteiger partial charge in [0.25, 0.3) is 0 Å². The average Bonchev–Trinajstić information content (AvgIpc) is 3.04. The van der Waals surface area contributed by atoms with Crippen molar-refractivity contribution in [3.05, 3.63) is 120 Å². The van der Waals surface area contributed by atoms with Crippen LogP contribution in [-0.4, -0.2) is 38.3 Å². The highest BCUT2D eigenvalue weighted by Gasteiger charge is 2.31. The minimum absolute atomic E-state index is 0.00396. The van der Waals surface area contributed by atoms with Crippen LogP contribution >= 0.6 is 46.4 Å². The highest BCUT2D eigenvalue weighted by Crippen LogP contribution is 2.52. The Hall–Kier alpha value is -5.06. The van der Waals surface area contributed by atoms with E-state index in [2.05, 4.69) is 0 Å². The molecule has 6 rings (SSSR count). The van der Waals surface area contributed by atoms with E-state index in [1.165, 1.54) is 72.8 Å². The molecule has 234 valence electrons. The van der Waals surface area contributed by atoms with Crippen molar-refractivity contribution in [2.45, 2.75) is 0 Å². The molecule has 4 N–H and O–H groups in total. The van der Waals surface area contributed by atoms with Gasteiger partial charge in [0.05, 0.1) is 36.8 Å². The van der Waals surface area contributed by atoms with Crippen molar-refractivity contribution >= 4 is 75.3 Å². The summed E-state index contributed by atoms with van der Waals surface area (Å²) in [7, 11) is 0. The van der Waals surface area contributed by atoms with Crippen LogP contribution in [0.2, 0.25) is 20.1 Å². The van der Waals surface area contributed by atoms with Gasteiger partial charge in [-0.3, -0.25) is 4.79 Å². The van der Waals surface area contributed by atoms with Gasteiger partial charge in [0.1, 0.15) is 17.1 Å². The molecule has 0 fully saturated rings. The van der Waals surface area contributed by atoms with Crippen LogP contribution in [0.3, 0.4) is 0 Å². The first kappa shape index (κ1) is 31.9. The number of halogens is 4. The fourth-order valence-electron chi connectivity index (χ4n) is 5.33. The molecule has 9 nitrogen and oxygen atoms in total. The molecule has 0 amide bonds. The first-order valence-electron chi connectivity index (χ1n) is 13.3. The van der Waals surface area contributed by atoms with Gasteiger partial charge in [-0.25, -0.2) is 14.4 Å². The van der Waals surface area contributed by atoms with Crippen molar-refractivity contribution in [3.8, 4) is 50.5 Å². The molecular formula is C34H16Cl4O9. The number of benzene rings is 5. The number of carboxylic acids is 3. The molecular weight excluding hydrogens is 694 g/mol. The molecule has 0 saturated heterocycles. The quantitative estimate of drug-likeness (QED) is 0.0750. The number of rotatable bonds is 6. The lowest BCUT2D eigenvalue weighted by Gasteiger charge is -2.21. The van der Waals surface area contributed by atoms with Crippen LogP contribution in [0.1, 0.15) is 31.1 Å². The van der Waals surface area contributed by atoms with Crippen molar-refractivity contribution in [2.24, 2.45) is 0 Å². The number of phenolic OH excluding ortho intramolecular Hbond substituents is 1. The first-order chi connectivity index (χ1) is 22.3. The Morgan fingerprint density at radius 1 is 0.574 bits per heavy atom. The van der Waals surface area contributed by atoms with E-state index in [1.54, 1.807) is 0 Å². The second-order valence-electron chi connectivity index (χ2n) is 10.3. The summed E-state index contributed by atoms with van der Waals surface area (Å²) in [5.41, 5.74) is 0.248. The fourth-order valence-corrected chi connectivity index (χ4v) is 6.36. The van der Waals surface area contributed by atoms with Gasteiger partial charge < -0.3 is 24.8 Å². The molecule has 2 aliphatic rings. The third-order valence-corrected chi connectivity index (χ3v) is 9.36. The van der Waals surface area contributed by atoms with E-state index in [9.17, 15) is 39.6 Å². The van der Waals surface area contributed by atoms with Crippen LogP contribution in [0, 0.1) is 0 Å². The Bertz CT molecular complexity index is 2350. The summed E-state index contributed by atoms with van der Waals surface area (Å²) >= 11 is 25.9. The largest absolute Gasteiger partial charge is 0.507 e. The molecule has 1 heterocycles. The predicted octanol–water partition coefficient (Wildman–Crippen LogP) is 9.31. The predicted molar refractivity (Wildman–Crippen MR) is 178 cm³/mol. The van der Waals surface area contributed by atoms with Gasteiger partial charge in [-0.1, -0.05) is 70.7 Å². The van der Waals surface area contributed by atoms with Crippen LogP contribution in [0.25, 0.3) is 55.7 Å². The first-order valence-corrected chi connectivity index (χ1v) is 14.8. The number of phenols is 1. The summed E-state index contributed by atoms with van der Waals surface area (Å²) in [4.78, 5) is 48.9. The van der Waals surface area contributed by atoms with Gasteiger partial charge in [0.15, 0.2) is 5.43 Å². The van der Waals surface area contributed by atoms with Crippen molar-refractivity contribution in [3.63, 3.8) is 0 Å². The summed E-state index contributed by atoms with van der Waals surface area (Å²) in [6.07, 6.45) is 0. The third-order valence-electron chi connectivity index (χ3n) is 7.55. The van der Waals surface area contributed by atoms with Crippen LogP contribution in [0.5, 0.6) is 5.75 Å². The number of hydrogen-bond donors (Lipinski definition) is 4. The highest BCUT2D eigenvalue weighted by atomic mass is 35.5. The minimum atomic E-state index is -1.50. The maximum absolute atomic E-state index is 13.4. The van der Waals surface area contributed by atoms with Gasteiger partial charge in [0, 0.05) is 45.3 Å². The zero-order valence-corrected chi connectivity index (χ0v) is 26.3. The topological polar surface area (TPSA) is 162 Å². The summed E-state index contributed by atoms with van der Waals surface area (Å²) in [5, 5.41) is 39.0. The summed E-state index contributed by atoms with van der Waals surface area (Å²) in [5.74, 6) is -4.10. The maximum Gasteiger partial charge on any atom is 0.337 e. The number of aromatic carboxylic acids is 3. The van der Waals surface area contributed by atoms with E-state index in [-0.39, 0.29) is 76.5 Å². The molecule has 0 saturated carbocycles. The third kappa shape index (κ3) is 5.43. The SMILES string of the molecule is O=C(O)c1ccc(-c2cc3c(-c4c(Cl)c(Cl)c(Cl)c(Cl)c4C(=O)O)c4cc(-c5ccc(C(=O)O)cc5)c(=O)cc-4oc3cc2O)cc1. The van der Waals surface area contributed by atoms with E-state index in [0.717, 1.165) is 0 Å². The van der Waals surface area contributed by atoms with Crippen molar-refractivity contribution in [1.82, 2.24) is 0 Å². The van der Waals surface area contributed by atoms with Gasteiger partial charge in [-0.05, 0) is 47.5 Å². The average molecular weight is 710 g/mol. The molecule has 47 heavy (non-hydrogen) atoms. The van der Waals surface area contributed by atoms with Gasteiger partial charge in [-0.15, -0.1) is 0 Å². The standard InChI is InChI=1S/C34H16Cl4O9/c35-28-26(27(34(45)46)29(36)31(38)30(28)37)25-19-9-17(13-1-5-15(6-2-13)32(41)42)21(39)11-23(19)47-24-12-22(40)18(10-20(24)25)14-3-7-16(8-4-14)33(43)44/h1-12,39H,(H,41,42)(H,43,44)(H,45,46). The van der Waals surface area contributed by atoms with Crippen molar-refractivity contribution < 1.29 is 39.2 Å². The summed E-state index contributed by atoms with van der Waals surface area (Å²) < 4.78 is 6.08. The molecule has 13 heteroatoms. The lowest BCUT2D eigenvalue weighted by atomic mass is 9.87. The molecule has 0 spiro atoms. The Morgan fingerprint density at radius 2 is 1.11 bits per heavy atom. The number of carbonyl (C=O) groups is 3. The van der Waals surface area contributed by atoms with Crippen LogP contribution < -0.4 is 5.43 Å². The zero-order chi connectivity index (χ0) is 33.9. The van der Waals surface area contributed by atoms with E-state index in [1.807, 2.05) is 0 Å². The second kappa shape index (κ2) is 11.9. The van der Waals surface area contributed by atoms with E-state index in [4.69, 9.17) is 50.8 Å². The highest BCUT2D eigenvalue weighted by molar-refractivity contribution is 6.54. The summed E-state index contributed by atoms with van der Waals surface area (Å²) in [6.45, 7) is 0. The van der Waals surface area contributed by atoms with Crippen LogP contribution in [0.15, 0.2) is 82.0 Å². The second-order valence-corrected chi connectivity index (χ2v) is 11.8. The van der Waals surface area contributed by atoms with Gasteiger partial charge >= 0.3 is 17.9 Å². The van der Waals surface area contributed by atoms with Crippen molar-refractivity contribution in [2.75, 3.05) is 0 Å². The molecule has 0 atom stereocenters. The smallest absolute Gasteiger partial charge is 0.337 e. The molecule has 1 aliphatic carbocycles. The Kier molecular flexibility index (Phi) is 8.11. The zero-order valence-electron chi connectivity index (χ0n) is 23.3. The molecule has 0 radical (unpaired) electrons. The van der Waals surface area contributed by atoms with E-state index >= 15 is 0 Å². The Balaban J connectivity index is 1.78. The number of hydrogen-bond acceptors (Lipinski definition) is 6. The lowest BCUT2D eigenvalue weighted by Crippen LogP contribution is -2.08. The van der Waals surface area contributed by atoms with Crippen LogP contribution in [-0.2, 0) is 0 Å². The van der Waals surface area contributed by atoms with E-state index < -0.39 is 33.9 Å². The van der Waals surface area contributed by atoms with Crippen LogP contribution in [0.4, 0.5) is 0 Å². The lowest BCUT2D eigenvalue weighted by molar-refractivity contribution is 0.0686. The van der Waals surface area contributed by atoms with E-state index in [0.29, 0.717) is 11.1 Å². The molecule has 4 aromatic carbocycles. The maximum atomic E-state index is 13.4. The number of carboxylic acid groups (broad SMARTS) is 3. The molecule has 4 aromatic rings. The molecule has 1 aliphatic heterocycles. The Morgan fingerprint density at radius 3 is 1.64 bits per heavy atom. The monoisotopic (exact) mass is 708 g/mol. The summed E-state index contributed by atoms with van der Waals surface area (Å²) in [6, 6.07) is 16.6. The van der Waals surface area contributed by atoms with Gasteiger partial charge in [-0.2, -0.15) is 0 Å². The van der Waals surface area contributed by atoms with Gasteiger partial charge in [0.2, 0.25) is 0 Å². The molecule has 0 bridgehead atoms. The fraction of sp³-hybridized carbons (Fsp3) is 0. The van der Waals surface area contributed by atoms with Crippen molar-refractivity contribution in [1.29, 1.82) is 0 Å². The number of fused-ring (bicyclic) bond motifs is 2. The number of aromatic hydroxyl groups is 1. The molecule has 0 aromatic heterocycles. The molecule has 0 unspecified atom stereocenters.